The molecule has 1 aliphatic heterocycles. The molecule has 2 heterocycles. The smallest absolute Gasteiger partial charge is 0.230 e. The molecular formula is C11H19ClN4OS. The summed E-state index contributed by atoms with van der Waals surface area (Å²) < 4.78 is 0. The van der Waals surface area contributed by atoms with Gasteiger partial charge in [0.2, 0.25) is 11.0 Å². The summed E-state index contributed by atoms with van der Waals surface area (Å²) in [6.07, 6.45) is 4.00. The Balaban J connectivity index is 0.00000162. The Morgan fingerprint density at radius 2 is 2.39 bits per heavy atom. The Kier molecular flexibility index (Phi) is 6.52. The third-order valence-electron chi connectivity index (χ3n) is 2.83. The van der Waals surface area contributed by atoms with E-state index < -0.39 is 0 Å². The van der Waals surface area contributed by atoms with E-state index in [-0.39, 0.29) is 24.2 Å². The largest absolute Gasteiger partial charge is 0.316 e. The number of aromatic nitrogens is 2. The number of hydrogen-bond donors (Lipinski definition) is 2. The van der Waals surface area contributed by atoms with E-state index in [4.69, 9.17) is 0 Å². The fourth-order valence-corrected chi connectivity index (χ4v) is 2.75. The summed E-state index contributed by atoms with van der Waals surface area (Å²) in [5.41, 5.74) is 0. The fraction of sp³-hybridized carbons (Fsp3) is 0.727. The maximum Gasteiger partial charge on any atom is 0.230 e. The Labute approximate surface area is 117 Å². The van der Waals surface area contributed by atoms with Crippen molar-refractivity contribution in [3.63, 3.8) is 0 Å². The summed E-state index contributed by atoms with van der Waals surface area (Å²) in [6, 6.07) is 0. The van der Waals surface area contributed by atoms with E-state index in [9.17, 15) is 4.79 Å². The zero-order valence-electron chi connectivity index (χ0n) is 10.4. The summed E-state index contributed by atoms with van der Waals surface area (Å²) >= 11 is 1.48. The molecular weight excluding hydrogens is 272 g/mol. The predicted molar refractivity (Wildman–Crippen MR) is 75.4 cm³/mol. The number of halogens is 1. The molecule has 0 aromatic carbocycles. The highest BCUT2D eigenvalue weighted by Gasteiger charge is 2.21. The molecule has 1 aliphatic rings. The van der Waals surface area contributed by atoms with Gasteiger partial charge in [0.05, 0.1) is 5.92 Å². The van der Waals surface area contributed by atoms with Crippen LogP contribution in [0.5, 0.6) is 0 Å². The van der Waals surface area contributed by atoms with E-state index in [1.165, 1.54) is 11.3 Å². The maximum absolute atomic E-state index is 11.9. The van der Waals surface area contributed by atoms with Gasteiger partial charge in [0.1, 0.15) is 5.01 Å². The van der Waals surface area contributed by atoms with Crippen LogP contribution in [0.25, 0.3) is 0 Å². The van der Waals surface area contributed by atoms with E-state index in [0.717, 1.165) is 43.8 Å². The molecule has 1 aromatic rings. The second-order valence-electron chi connectivity index (χ2n) is 4.28. The first-order chi connectivity index (χ1) is 8.29. The van der Waals surface area contributed by atoms with Crippen LogP contribution in [0.4, 0.5) is 5.13 Å². The molecule has 2 rings (SSSR count). The first-order valence-corrected chi connectivity index (χ1v) is 6.95. The first kappa shape index (κ1) is 15.3. The summed E-state index contributed by atoms with van der Waals surface area (Å²) in [4.78, 5) is 11.9. The predicted octanol–water partition coefficient (Wildman–Crippen LogP) is 1.85. The lowest BCUT2D eigenvalue weighted by molar-refractivity contribution is -0.120. The zero-order chi connectivity index (χ0) is 12.1. The molecule has 1 fully saturated rings. The molecule has 5 nitrogen and oxygen atoms in total. The number of carbonyl (C=O) groups excluding carboxylic acids is 1. The van der Waals surface area contributed by atoms with Gasteiger partial charge < -0.3 is 10.6 Å². The van der Waals surface area contributed by atoms with Crippen molar-refractivity contribution in [3.05, 3.63) is 5.01 Å². The second-order valence-corrected chi connectivity index (χ2v) is 5.35. The lowest BCUT2D eigenvalue weighted by Crippen LogP contribution is -2.37. The Morgan fingerprint density at radius 3 is 3.06 bits per heavy atom. The van der Waals surface area contributed by atoms with Crippen molar-refractivity contribution < 1.29 is 4.79 Å². The number of nitrogens with zero attached hydrogens (tertiary/aromatic N) is 2. The number of amides is 1. The minimum atomic E-state index is 0. The molecule has 2 N–H and O–H groups in total. The van der Waals surface area contributed by atoms with Gasteiger partial charge in [0.25, 0.3) is 0 Å². The van der Waals surface area contributed by atoms with Crippen molar-refractivity contribution in [1.29, 1.82) is 0 Å². The summed E-state index contributed by atoms with van der Waals surface area (Å²) in [5.74, 6) is 0.138. The highest BCUT2D eigenvalue weighted by molar-refractivity contribution is 7.15. The van der Waals surface area contributed by atoms with Crippen molar-refractivity contribution in [2.45, 2.75) is 32.6 Å². The average molecular weight is 291 g/mol. The lowest BCUT2D eigenvalue weighted by Gasteiger charge is -2.20. The molecule has 7 heteroatoms. The Bertz CT molecular complexity index is 379. The van der Waals surface area contributed by atoms with Crippen LogP contribution in [-0.4, -0.2) is 29.2 Å². The number of aryl methyl sites for hydroxylation is 1. The average Bonchev–Trinajstić information content (AvgIpc) is 2.78. The van der Waals surface area contributed by atoms with Gasteiger partial charge >= 0.3 is 0 Å². The highest BCUT2D eigenvalue weighted by Crippen LogP contribution is 2.18. The number of anilines is 1. The van der Waals surface area contributed by atoms with Gasteiger partial charge in [-0.3, -0.25) is 4.79 Å². The van der Waals surface area contributed by atoms with Crippen molar-refractivity contribution in [2.24, 2.45) is 5.92 Å². The van der Waals surface area contributed by atoms with Gasteiger partial charge in [-0.25, -0.2) is 0 Å². The van der Waals surface area contributed by atoms with Crippen LogP contribution in [0.2, 0.25) is 0 Å². The topological polar surface area (TPSA) is 66.9 Å². The van der Waals surface area contributed by atoms with Crippen LogP contribution in [0.3, 0.4) is 0 Å². The van der Waals surface area contributed by atoms with Crippen molar-refractivity contribution in [1.82, 2.24) is 15.5 Å². The zero-order valence-corrected chi connectivity index (χ0v) is 12.1. The number of piperidine rings is 1. The van der Waals surface area contributed by atoms with E-state index in [0.29, 0.717) is 5.13 Å². The number of hydrogen-bond acceptors (Lipinski definition) is 5. The van der Waals surface area contributed by atoms with Crippen LogP contribution >= 0.6 is 23.7 Å². The van der Waals surface area contributed by atoms with Crippen molar-refractivity contribution >= 4 is 34.8 Å². The fourth-order valence-electron chi connectivity index (χ4n) is 1.90. The molecule has 1 unspecified atom stereocenters. The highest BCUT2D eigenvalue weighted by atomic mass is 35.5. The van der Waals surface area contributed by atoms with Gasteiger partial charge in [0, 0.05) is 13.0 Å². The van der Waals surface area contributed by atoms with Crippen LogP contribution in [0.1, 0.15) is 31.2 Å². The second kappa shape index (κ2) is 7.66. The van der Waals surface area contributed by atoms with E-state index in [1.54, 1.807) is 0 Å². The quantitative estimate of drug-likeness (QED) is 0.888. The molecule has 0 radical (unpaired) electrons. The van der Waals surface area contributed by atoms with Crippen LogP contribution in [0.15, 0.2) is 0 Å². The molecule has 0 spiro atoms. The molecule has 102 valence electrons. The maximum atomic E-state index is 11.9. The third-order valence-corrected chi connectivity index (χ3v) is 3.73. The Morgan fingerprint density at radius 1 is 1.56 bits per heavy atom. The molecule has 0 saturated carbocycles. The molecule has 1 saturated heterocycles. The van der Waals surface area contributed by atoms with Gasteiger partial charge in [0.15, 0.2) is 0 Å². The van der Waals surface area contributed by atoms with Crippen molar-refractivity contribution in [3.8, 4) is 0 Å². The van der Waals surface area contributed by atoms with E-state index >= 15 is 0 Å². The van der Waals surface area contributed by atoms with Gasteiger partial charge in [-0.05, 0) is 25.8 Å². The molecule has 1 amide bonds. The molecule has 18 heavy (non-hydrogen) atoms. The summed E-state index contributed by atoms with van der Waals surface area (Å²) in [6.45, 7) is 3.89. The lowest BCUT2D eigenvalue weighted by atomic mass is 9.99. The number of carbonyl (C=O) groups is 1. The first-order valence-electron chi connectivity index (χ1n) is 6.13. The van der Waals surface area contributed by atoms with Crippen molar-refractivity contribution in [2.75, 3.05) is 18.4 Å². The number of nitrogens with one attached hydrogen (secondary N) is 2. The molecule has 1 aromatic heterocycles. The minimum absolute atomic E-state index is 0. The van der Waals surface area contributed by atoms with Gasteiger partial charge in [-0.15, -0.1) is 22.6 Å². The van der Waals surface area contributed by atoms with Crippen LogP contribution in [0, 0.1) is 5.92 Å². The standard InChI is InChI=1S/C11H18N4OS.ClH/c1-2-4-9-14-15-11(17-9)13-10(16)8-5-3-6-12-7-8;/h8,12H,2-7H2,1H3,(H,13,15,16);1H. The van der Waals surface area contributed by atoms with Gasteiger partial charge in [-0.1, -0.05) is 18.3 Å². The van der Waals surface area contributed by atoms with E-state index in [2.05, 4.69) is 27.8 Å². The summed E-state index contributed by atoms with van der Waals surface area (Å²) in [7, 11) is 0. The van der Waals surface area contributed by atoms with Gasteiger partial charge in [-0.2, -0.15) is 0 Å². The SMILES string of the molecule is CCCc1nnc(NC(=O)C2CCCNC2)s1.Cl. The normalized spacial score (nSPS) is 19.1. The molecule has 0 aliphatic carbocycles. The molecule has 1 atom stereocenters. The monoisotopic (exact) mass is 290 g/mol. The van der Waals surface area contributed by atoms with Crippen LogP contribution < -0.4 is 10.6 Å². The van der Waals surface area contributed by atoms with Crippen LogP contribution in [-0.2, 0) is 11.2 Å². The van der Waals surface area contributed by atoms with E-state index in [1.807, 2.05) is 0 Å². The Hall–Kier alpha value is -0.720. The summed E-state index contributed by atoms with van der Waals surface area (Å²) in [5, 5.41) is 15.7. The number of rotatable bonds is 4. The minimum Gasteiger partial charge on any atom is -0.316 e. The third kappa shape index (κ3) is 4.19. The molecule has 0 bridgehead atoms.